The third-order valence-corrected chi connectivity index (χ3v) is 4.29. The monoisotopic (exact) mass is 355 g/mol. The molecule has 0 bridgehead atoms. The van der Waals surface area contributed by atoms with E-state index in [1.807, 2.05) is 42.6 Å². The minimum atomic E-state index is -0.983. The highest BCUT2D eigenvalue weighted by atomic mass is 16.4. The number of carboxylic acid groups (broad SMARTS) is 1. The summed E-state index contributed by atoms with van der Waals surface area (Å²) >= 11 is 0. The summed E-state index contributed by atoms with van der Waals surface area (Å²) in [6.07, 6.45) is 4.89. The number of carbonyl (C=O) groups is 1. The van der Waals surface area contributed by atoms with Crippen molar-refractivity contribution in [3.05, 3.63) is 96.4 Å². The van der Waals surface area contributed by atoms with Crippen molar-refractivity contribution in [1.29, 1.82) is 0 Å². The summed E-state index contributed by atoms with van der Waals surface area (Å²) in [4.78, 5) is 15.1. The topological polar surface area (TPSA) is 68.0 Å². The molecule has 0 saturated heterocycles. The first kappa shape index (κ1) is 16.7. The molecule has 0 amide bonds. The lowest BCUT2D eigenvalue weighted by Gasteiger charge is -2.05. The van der Waals surface area contributed by atoms with Crippen LogP contribution >= 0.6 is 0 Å². The molecule has 4 aromatic rings. The van der Waals surface area contributed by atoms with Crippen molar-refractivity contribution < 1.29 is 9.90 Å². The van der Waals surface area contributed by atoms with Gasteiger partial charge >= 0.3 is 5.97 Å². The Kier molecular flexibility index (Phi) is 4.49. The molecule has 0 aliphatic heterocycles. The minimum absolute atomic E-state index is 0.176. The second kappa shape index (κ2) is 7.25. The van der Waals surface area contributed by atoms with Crippen molar-refractivity contribution in [3.8, 4) is 22.4 Å². The first-order chi connectivity index (χ1) is 13.2. The van der Waals surface area contributed by atoms with Gasteiger partial charge in [0.05, 0.1) is 17.8 Å². The van der Waals surface area contributed by atoms with Gasteiger partial charge in [-0.05, 0) is 34.9 Å². The molecule has 0 aliphatic rings. The van der Waals surface area contributed by atoms with Crippen molar-refractivity contribution in [1.82, 2.24) is 14.8 Å². The number of carboxylic acids is 1. The van der Waals surface area contributed by atoms with Gasteiger partial charge in [-0.15, -0.1) is 0 Å². The molecule has 2 aromatic heterocycles. The number of hydrogen-bond donors (Lipinski definition) is 1. The van der Waals surface area contributed by atoms with Crippen molar-refractivity contribution in [3.63, 3.8) is 0 Å². The zero-order chi connectivity index (χ0) is 18.6. The van der Waals surface area contributed by atoms with Crippen LogP contribution in [0.25, 0.3) is 22.4 Å². The van der Waals surface area contributed by atoms with E-state index in [2.05, 4.69) is 34.3 Å². The zero-order valence-corrected chi connectivity index (χ0v) is 14.5. The highest BCUT2D eigenvalue weighted by Crippen LogP contribution is 2.25. The zero-order valence-electron chi connectivity index (χ0n) is 14.5. The fourth-order valence-electron chi connectivity index (χ4n) is 2.97. The standard InChI is InChI=1S/C22H17N3O2/c26-22(27)20-11-16(13-23-14-20)15-25-10-9-21(24-25)19-8-4-7-18(12-19)17-5-2-1-3-6-17/h1-14H,15H2,(H,26,27). The normalized spacial score (nSPS) is 10.7. The van der Waals surface area contributed by atoms with Crippen LogP contribution in [0.15, 0.2) is 85.3 Å². The van der Waals surface area contributed by atoms with E-state index < -0.39 is 5.97 Å². The van der Waals surface area contributed by atoms with Crippen LogP contribution in [-0.4, -0.2) is 25.8 Å². The summed E-state index contributed by atoms with van der Waals surface area (Å²) in [5, 5.41) is 13.7. The van der Waals surface area contributed by atoms with Gasteiger partial charge in [0.15, 0.2) is 0 Å². The molecule has 0 atom stereocenters. The molecular formula is C22H17N3O2. The lowest BCUT2D eigenvalue weighted by Crippen LogP contribution is -2.04. The number of pyridine rings is 1. The van der Waals surface area contributed by atoms with E-state index in [1.54, 1.807) is 16.9 Å². The fourth-order valence-corrected chi connectivity index (χ4v) is 2.97. The molecule has 5 nitrogen and oxygen atoms in total. The van der Waals surface area contributed by atoms with Crippen LogP contribution in [0.4, 0.5) is 0 Å². The molecule has 0 fully saturated rings. The number of rotatable bonds is 5. The average Bonchev–Trinajstić information content (AvgIpc) is 3.17. The van der Waals surface area contributed by atoms with E-state index in [4.69, 9.17) is 5.11 Å². The quantitative estimate of drug-likeness (QED) is 0.578. The summed E-state index contributed by atoms with van der Waals surface area (Å²) in [6.45, 7) is 0.465. The molecule has 1 N–H and O–H groups in total. The van der Waals surface area contributed by atoms with Gasteiger partial charge < -0.3 is 5.11 Å². The molecular weight excluding hydrogens is 338 g/mol. The Labute approximate surface area is 156 Å². The Morgan fingerprint density at radius 3 is 2.48 bits per heavy atom. The van der Waals surface area contributed by atoms with Crippen molar-refractivity contribution >= 4 is 5.97 Å². The largest absolute Gasteiger partial charge is 0.478 e. The second-order valence-electron chi connectivity index (χ2n) is 6.23. The lowest BCUT2D eigenvalue weighted by molar-refractivity contribution is 0.0696. The van der Waals surface area contributed by atoms with Crippen molar-refractivity contribution in [2.24, 2.45) is 0 Å². The van der Waals surface area contributed by atoms with Crippen LogP contribution in [0.5, 0.6) is 0 Å². The number of aromatic carboxylic acids is 1. The van der Waals surface area contributed by atoms with Gasteiger partial charge in [-0.2, -0.15) is 5.10 Å². The average molecular weight is 355 g/mol. The maximum Gasteiger partial charge on any atom is 0.337 e. The summed E-state index contributed by atoms with van der Waals surface area (Å²) in [5.41, 5.74) is 5.18. The molecule has 0 saturated carbocycles. The Balaban J connectivity index is 1.58. The van der Waals surface area contributed by atoms with Crippen LogP contribution in [0, 0.1) is 0 Å². The van der Waals surface area contributed by atoms with Gasteiger partial charge in [-0.1, -0.05) is 48.5 Å². The van der Waals surface area contributed by atoms with Crippen molar-refractivity contribution in [2.75, 3.05) is 0 Å². The van der Waals surface area contributed by atoms with E-state index in [9.17, 15) is 4.79 Å². The second-order valence-corrected chi connectivity index (χ2v) is 6.23. The van der Waals surface area contributed by atoms with Crippen LogP contribution in [0.3, 0.4) is 0 Å². The maximum atomic E-state index is 11.1. The van der Waals surface area contributed by atoms with E-state index in [0.29, 0.717) is 6.54 Å². The van der Waals surface area contributed by atoms with E-state index in [0.717, 1.165) is 27.9 Å². The molecule has 0 aliphatic carbocycles. The van der Waals surface area contributed by atoms with Gasteiger partial charge in [0.25, 0.3) is 0 Å². The Bertz CT molecular complexity index is 1090. The van der Waals surface area contributed by atoms with Crippen LogP contribution in [-0.2, 0) is 6.54 Å². The van der Waals surface area contributed by atoms with Gasteiger partial charge in [-0.3, -0.25) is 9.67 Å². The predicted octanol–water partition coefficient (Wildman–Crippen LogP) is 4.36. The van der Waals surface area contributed by atoms with Crippen LogP contribution in [0.1, 0.15) is 15.9 Å². The van der Waals surface area contributed by atoms with Gasteiger partial charge in [0, 0.05) is 24.2 Å². The molecule has 4 rings (SSSR count). The van der Waals surface area contributed by atoms with Gasteiger partial charge in [0.1, 0.15) is 0 Å². The Morgan fingerprint density at radius 2 is 1.67 bits per heavy atom. The highest BCUT2D eigenvalue weighted by Gasteiger charge is 2.07. The first-order valence-corrected chi connectivity index (χ1v) is 8.55. The predicted molar refractivity (Wildman–Crippen MR) is 103 cm³/mol. The summed E-state index contributed by atoms with van der Waals surface area (Å²) < 4.78 is 1.78. The van der Waals surface area contributed by atoms with Gasteiger partial charge in [0.2, 0.25) is 0 Å². The molecule has 0 spiro atoms. The molecule has 0 unspecified atom stereocenters. The van der Waals surface area contributed by atoms with E-state index >= 15 is 0 Å². The number of benzene rings is 2. The summed E-state index contributed by atoms with van der Waals surface area (Å²) in [5.74, 6) is -0.983. The minimum Gasteiger partial charge on any atom is -0.478 e. The van der Waals surface area contributed by atoms with Crippen LogP contribution < -0.4 is 0 Å². The molecule has 5 heteroatoms. The number of nitrogens with zero attached hydrogens (tertiary/aromatic N) is 3. The van der Waals surface area contributed by atoms with E-state index in [1.165, 1.54) is 6.20 Å². The van der Waals surface area contributed by atoms with E-state index in [-0.39, 0.29) is 5.56 Å². The Morgan fingerprint density at radius 1 is 0.889 bits per heavy atom. The Hall–Kier alpha value is -3.73. The smallest absolute Gasteiger partial charge is 0.337 e. The highest BCUT2D eigenvalue weighted by molar-refractivity contribution is 5.87. The molecule has 27 heavy (non-hydrogen) atoms. The SMILES string of the molecule is O=C(O)c1cncc(Cn2ccc(-c3cccc(-c4ccccc4)c3)n2)c1. The summed E-state index contributed by atoms with van der Waals surface area (Å²) in [7, 11) is 0. The number of hydrogen-bond acceptors (Lipinski definition) is 3. The van der Waals surface area contributed by atoms with Crippen LogP contribution in [0.2, 0.25) is 0 Å². The van der Waals surface area contributed by atoms with Gasteiger partial charge in [-0.25, -0.2) is 4.79 Å². The first-order valence-electron chi connectivity index (χ1n) is 8.55. The molecule has 132 valence electrons. The molecule has 0 radical (unpaired) electrons. The summed E-state index contributed by atoms with van der Waals surface area (Å²) in [6, 6.07) is 22.1. The van der Waals surface area contributed by atoms with Crippen molar-refractivity contribution in [2.45, 2.75) is 6.54 Å². The molecule has 2 aromatic carbocycles. The maximum absolute atomic E-state index is 11.1. The molecule has 2 heterocycles. The lowest BCUT2D eigenvalue weighted by atomic mass is 10.0. The number of aromatic nitrogens is 3. The third-order valence-electron chi connectivity index (χ3n) is 4.29. The third kappa shape index (κ3) is 3.77. The fraction of sp³-hybridized carbons (Fsp3) is 0.0455.